The second-order valence-corrected chi connectivity index (χ2v) is 7.73. The van der Waals surface area contributed by atoms with Gasteiger partial charge in [0, 0.05) is 23.4 Å². The molecule has 0 aliphatic carbocycles. The number of rotatable bonds is 6. The first-order valence-electron chi connectivity index (χ1n) is 10.1. The molecular weight excluding hydrogens is 446 g/mol. The maximum Gasteiger partial charge on any atom is 0.348 e. The Kier molecular flexibility index (Phi) is 7.63. The number of aryl methyl sites for hydroxylation is 1. The number of nitro groups is 1. The molecule has 0 spiro atoms. The van der Waals surface area contributed by atoms with Gasteiger partial charge in [0.1, 0.15) is 11.5 Å². The number of nitrogens with zero attached hydrogens (tertiary/aromatic N) is 2. The molecule has 170 valence electrons. The Balaban J connectivity index is 1.74. The van der Waals surface area contributed by atoms with E-state index in [-0.39, 0.29) is 22.7 Å². The molecule has 0 aromatic heterocycles. The molecule has 0 bridgehead atoms. The van der Waals surface area contributed by atoms with E-state index in [0.29, 0.717) is 17.2 Å². The van der Waals surface area contributed by atoms with Crippen molar-refractivity contribution in [2.24, 2.45) is 4.99 Å². The van der Waals surface area contributed by atoms with Crippen molar-refractivity contribution in [3.63, 3.8) is 0 Å². The number of hydrogen-bond donors (Lipinski definition) is 1. The summed E-state index contributed by atoms with van der Waals surface area (Å²) in [6.07, 6.45) is -0.165. The smallest absolute Gasteiger partial charge is 0.348 e. The van der Waals surface area contributed by atoms with E-state index < -0.39 is 11.0 Å². The minimum Gasteiger partial charge on any atom is -0.474 e. The van der Waals surface area contributed by atoms with Gasteiger partial charge in [0.15, 0.2) is 0 Å². The maximum atomic E-state index is 12.6. The molecule has 33 heavy (non-hydrogen) atoms. The normalized spacial score (nSPS) is 11.2. The highest BCUT2D eigenvalue weighted by Crippen LogP contribution is 2.32. The Hall–Kier alpha value is -3.91. The van der Waals surface area contributed by atoms with Crippen molar-refractivity contribution in [3.05, 3.63) is 93.0 Å². The molecular formula is C24H22ClN3O5. The Morgan fingerprint density at radius 2 is 1.79 bits per heavy atom. The number of amides is 2. The third-order valence-electron chi connectivity index (χ3n) is 4.38. The number of nitrogens with one attached hydrogen (secondary N) is 1. The third-order valence-corrected chi connectivity index (χ3v) is 4.68. The van der Waals surface area contributed by atoms with Gasteiger partial charge < -0.3 is 14.8 Å². The highest BCUT2D eigenvalue weighted by Gasteiger charge is 2.14. The lowest BCUT2D eigenvalue weighted by molar-refractivity contribution is -0.384. The molecule has 3 aromatic rings. The van der Waals surface area contributed by atoms with Gasteiger partial charge in [-0.3, -0.25) is 10.1 Å². The molecule has 8 nitrogen and oxygen atoms in total. The summed E-state index contributed by atoms with van der Waals surface area (Å²) in [7, 11) is 0. The van der Waals surface area contributed by atoms with Crippen LogP contribution in [0.25, 0.3) is 0 Å². The molecule has 0 unspecified atom stereocenters. The predicted molar refractivity (Wildman–Crippen MR) is 128 cm³/mol. The van der Waals surface area contributed by atoms with Crippen molar-refractivity contribution in [1.29, 1.82) is 0 Å². The van der Waals surface area contributed by atoms with E-state index in [1.54, 1.807) is 12.1 Å². The van der Waals surface area contributed by atoms with Crippen molar-refractivity contribution >= 4 is 34.9 Å². The van der Waals surface area contributed by atoms with Gasteiger partial charge in [0.2, 0.25) is 5.90 Å². The largest absolute Gasteiger partial charge is 0.474 e. The monoisotopic (exact) mass is 467 g/mol. The van der Waals surface area contributed by atoms with E-state index >= 15 is 0 Å². The molecule has 0 saturated carbocycles. The molecule has 0 saturated heterocycles. The van der Waals surface area contributed by atoms with Crippen LogP contribution < -0.4 is 10.1 Å². The van der Waals surface area contributed by atoms with Gasteiger partial charge in [-0.05, 0) is 62.7 Å². The third kappa shape index (κ3) is 6.54. The summed E-state index contributed by atoms with van der Waals surface area (Å²) in [6, 6.07) is 17.2. The topological polar surface area (TPSA) is 103 Å². The van der Waals surface area contributed by atoms with Crippen LogP contribution in [-0.4, -0.2) is 23.0 Å². The fraction of sp³-hybridized carbons (Fsp3) is 0.167. The molecule has 3 rings (SSSR count). The number of carbonyl (C=O) groups is 1. The fourth-order valence-electron chi connectivity index (χ4n) is 2.85. The summed E-state index contributed by atoms with van der Waals surface area (Å²) in [4.78, 5) is 26.9. The zero-order chi connectivity index (χ0) is 24.0. The SMILES string of the molecule is Cc1ccccc1/C(=N/C(=O)Nc1ccc(Oc2ccc([N+](=O)[O-])cc2)c(Cl)c1)OC(C)C. The minimum absolute atomic E-state index is 0.0430. The molecule has 3 aromatic carbocycles. The van der Waals surface area contributed by atoms with E-state index in [1.807, 2.05) is 45.0 Å². The summed E-state index contributed by atoms with van der Waals surface area (Å²) in [5.41, 5.74) is 2.03. The van der Waals surface area contributed by atoms with Crippen LogP contribution in [0.1, 0.15) is 25.0 Å². The number of ether oxygens (including phenoxy) is 2. The number of anilines is 1. The number of urea groups is 1. The number of hydrogen-bond acceptors (Lipinski definition) is 5. The Labute approximate surface area is 196 Å². The number of halogens is 1. The van der Waals surface area contributed by atoms with Gasteiger partial charge in [-0.15, -0.1) is 0 Å². The second kappa shape index (κ2) is 10.6. The van der Waals surface area contributed by atoms with Gasteiger partial charge in [0.05, 0.1) is 16.0 Å². The molecule has 0 aliphatic heterocycles. The van der Waals surface area contributed by atoms with E-state index in [1.165, 1.54) is 30.3 Å². The van der Waals surface area contributed by atoms with Crippen LogP contribution in [0.5, 0.6) is 11.5 Å². The first-order valence-corrected chi connectivity index (χ1v) is 10.4. The van der Waals surface area contributed by atoms with Crippen LogP contribution in [0.2, 0.25) is 5.02 Å². The van der Waals surface area contributed by atoms with Crippen molar-refractivity contribution < 1.29 is 19.2 Å². The number of nitro benzene ring substituents is 1. The van der Waals surface area contributed by atoms with Crippen LogP contribution in [-0.2, 0) is 4.74 Å². The average Bonchev–Trinajstić information content (AvgIpc) is 2.75. The van der Waals surface area contributed by atoms with Crippen LogP contribution in [0.3, 0.4) is 0 Å². The summed E-state index contributed by atoms with van der Waals surface area (Å²) < 4.78 is 11.4. The standard InChI is InChI=1S/C24H22ClN3O5/c1-15(2)32-23(20-7-5-4-6-16(20)3)27-24(29)26-17-8-13-22(21(25)14-17)33-19-11-9-18(10-12-19)28(30)31/h4-15H,1-3H3,(H,26,29)/b27-23-. The second-order valence-electron chi connectivity index (χ2n) is 7.33. The fourth-order valence-corrected chi connectivity index (χ4v) is 3.07. The Morgan fingerprint density at radius 3 is 2.39 bits per heavy atom. The molecule has 0 aliphatic rings. The predicted octanol–water partition coefficient (Wildman–Crippen LogP) is 6.75. The van der Waals surface area contributed by atoms with E-state index in [9.17, 15) is 14.9 Å². The molecule has 0 atom stereocenters. The zero-order valence-electron chi connectivity index (χ0n) is 18.2. The molecule has 2 amide bonds. The van der Waals surface area contributed by atoms with Crippen LogP contribution >= 0.6 is 11.6 Å². The van der Waals surface area contributed by atoms with Crippen LogP contribution in [0.4, 0.5) is 16.2 Å². The highest BCUT2D eigenvalue weighted by atomic mass is 35.5. The van der Waals surface area contributed by atoms with Crippen molar-refractivity contribution in [3.8, 4) is 11.5 Å². The van der Waals surface area contributed by atoms with Crippen LogP contribution in [0, 0.1) is 17.0 Å². The lowest BCUT2D eigenvalue weighted by Crippen LogP contribution is -2.18. The Morgan fingerprint density at radius 1 is 1.09 bits per heavy atom. The minimum atomic E-state index is -0.617. The summed E-state index contributed by atoms with van der Waals surface area (Å²) in [6.45, 7) is 5.63. The van der Waals surface area contributed by atoms with E-state index in [2.05, 4.69) is 10.3 Å². The Bertz CT molecular complexity index is 1190. The average molecular weight is 468 g/mol. The summed E-state index contributed by atoms with van der Waals surface area (Å²) in [5, 5.41) is 13.7. The number of non-ortho nitro benzene ring substituents is 1. The number of benzene rings is 3. The van der Waals surface area contributed by atoms with E-state index in [0.717, 1.165) is 11.1 Å². The van der Waals surface area contributed by atoms with Crippen molar-refractivity contribution in [1.82, 2.24) is 0 Å². The quantitative estimate of drug-likeness (QED) is 0.187. The highest BCUT2D eigenvalue weighted by molar-refractivity contribution is 6.32. The van der Waals surface area contributed by atoms with E-state index in [4.69, 9.17) is 21.1 Å². The van der Waals surface area contributed by atoms with Crippen LogP contribution in [0.15, 0.2) is 71.7 Å². The molecule has 9 heteroatoms. The van der Waals surface area contributed by atoms with Crippen molar-refractivity contribution in [2.45, 2.75) is 26.9 Å². The molecule has 1 N–H and O–H groups in total. The number of carbonyl (C=O) groups excluding carboxylic acids is 1. The molecule has 0 fully saturated rings. The first-order chi connectivity index (χ1) is 15.7. The summed E-state index contributed by atoms with van der Waals surface area (Å²) >= 11 is 6.29. The van der Waals surface area contributed by atoms with Gasteiger partial charge >= 0.3 is 6.03 Å². The summed E-state index contributed by atoms with van der Waals surface area (Å²) in [5.74, 6) is 0.943. The molecule has 0 heterocycles. The van der Waals surface area contributed by atoms with Gasteiger partial charge in [-0.1, -0.05) is 29.8 Å². The number of aliphatic imine (C=N–C) groups is 1. The lowest BCUT2D eigenvalue weighted by atomic mass is 10.1. The molecule has 0 radical (unpaired) electrons. The van der Waals surface area contributed by atoms with Gasteiger partial charge in [-0.25, -0.2) is 4.79 Å². The maximum absolute atomic E-state index is 12.6. The first kappa shape index (κ1) is 23.7. The van der Waals surface area contributed by atoms with Gasteiger partial charge in [0.25, 0.3) is 5.69 Å². The van der Waals surface area contributed by atoms with Gasteiger partial charge in [-0.2, -0.15) is 4.99 Å². The zero-order valence-corrected chi connectivity index (χ0v) is 19.0. The van der Waals surface area contributed by atoms with Crippen molar-refractivity contribution in [2.75, 3.05) is 5.32 Å². The lowest BCUT2D eigenvalue weighted by Gasteiger charge is -2.14.